The quantitative estimate of drug-likeness (QED) is 0.793. The van der Waals surface area contributed by atoms with Gasteiger partial charge in [0, 0.05) is 5.69 Å². The Kier molecular flexibility index (Phi) is 3.50. The lowest BCUT2D eigenvalue weighted by molar-refractivity contribution is 0.102. The fourth-order valence-electron chi connectivity index (χ4n) is 1.78. The van der Waals surface area contributed by atoms with Crippen LogP contribution < -0.4 is 11.1 Å². The standard InChI is InChI=1S/C13H15FN4O/c1-3-9-11(15)12(18-17-9)13(19)16-10-5-4-8(14)6-7(10)2/h4-6H,3,15H2,1-2H3,(H,16,19)(H,17,18). The summed E-state index contributed by atoms with van der Waals surface area (Å²) in [5, 5.41) is 9.28. The summed E-state index contributed by atoms with van der Waals surface area (Å²) in [6.07, 6.45) is 0.668. The van der Waals surface area contributed by atoms with Gasteiger partial charge in [0.1, 0.15) is 5.82 Å². The van der Waals surface area contributed by atoms with Gasteiger partial charge in [-0.3, -0.25) is 9.89 Å². The Morgan fingerprint density at radius 3 is 2.84 bits per heavy atom. The Bertz CT molecular complexity index is 621. The average molecular weight is 262 g/mol. The number of carbonyl (C=O) groups is 1. The minimum absolute atomic E-state index is 0.153. The smallest absolute Gasteiger partial charge is 0.278 e. The highest BCUT2D eigenvalue weighted by Gasteiger charge is 2.17. The number of halogens is 1. The van der Waals surface area contributed by atoms with E-state index in [-0.39, 0.29) is 11.5 Å². The molecule has 0 aliphatic heterocycles. The molecule has 1 amide bonds. The molecule has 0 spiro atoms. The summed E-state index contributed by atoms with van der Waals surface area (Å²) in [5.41, 5.74) is 8.21. The zero-order chi connectivity index (χ0) is 14.0. The third-order valence-corrected chi connectivity index (χ3v) is 2.89. The van der Waals surface area contributed by atoms with Crippen LogP contribution in [-0.4, -0.2) is 16.1 Å². The van der Waals surface area contributed by atoms with Crippen molar-refractivity contribution >= 4 is 17.3 Å². The Morgan fingerprint density at radius 2 is 2.26 bits per heavy atom. The van der Waals surface area contributed by atoms with Crippen molar-refractivity contribution in [3.63, 3.8) is 0 Å². The molecular weight excluding hydrogens is 247 g/mol. The molecule has 0 bridgehead atoms. The van der Waals surface area contributed by atoms with Crippen molar-refractivity contribution < 1.29 is 9.18 Å². The van der Waals surface area contributed by atoms with Gasteiger partial charge < -0.3 is 11.1 Å². The number of aromatic amines is 1. The normalized spacial score (nSPS) is 10.5. The van der Waals surface area contributed by atoms with E-state index < -0.39 is 5.91 Å². The summed E-state index contributed by atoms with van der Waals surface area (Å²) in [7, 11) is 0. The Labute approximate surface area is 110 Å². The summed E-state index contributed by atoms with van der Waals surface area (Å²) in [5.74, 6) is -0.758. The third-order valence-electron chi connectivity index (χ3n) is 2.89. The number of aromatic nitrogens is 2. The van der Waals surface area contributed by atoms with Gasteiger partial charge in [-0.15, -0.1) is 0 Å². The molecule has 100 valence electrons. The van der Waals surface area contributed by atoms with Crippen LogP contribution in [0.25, 0.3) is 0 Å². The van der Waals surface area contributed by atoms with Crippen LogP contribution >= 0.6 is 0 Å². The molecule has 4 N–H and O–H groups in total. The van der Waals surface area contributed by atoms with Crippen LogP contribution in [0.1, 0.15) is 28.7 Å². The molecule has 5 nitrogen and oxygen atoms in total. The molecule has 2 rings (SSSR count). The number of amides is 1. The number of nitrogens with one attached hydrogen (secondary N) is 2. The SMILES string of the molecule is CCc1[nH]nc(C(=O)Nc2ccc(F)cc2C)c1N. The van der Waals surface area contributed by atoms with Crippen LogP contribution in [0.2, 0.25) is 0 Å². The molecule has 0 fully saturated rings. The number of nitrogen functional groups attached to an aromatic ring is 1. The maximum absolute atomic E-state index is 13.0. The Morgan fingerprint density at radius 1 is 1.53 bits per heavy atom. The second-order valence-corrected chi connectivity index (χ2v) is 4.23. The maximum Gasteiger partial charge on any atom is 0.278 e. The molecule has 0 aliphatic carbocycles. The number of benzene rings is 1. The van der Waals surface area contributed by atoms with E-state index in [4.69, 9.17) is 5.73 Å². The van der Waals surface area contributed by atoms with Crippen LogP contribution in [0.15, 0.2) is 18.2 Å². The number of hydrogen-bond donors (Lipinski definition) is 3. The predicted octanol–water partition coefficient (Wildman–Crippen LogP) is 2.25. The van der Waals surface area contributed by atoms with E-state index >= 15 is 0 Å². The largest absolute Gasteiger partial charge is 0.395 e. The molecule has 2 aromatic rings. The fraction of sp³-hybridized carbons (Fsp3) is 0.231. The van der Waals surface area contributed by atoms with E-state index in [1.54, 1.807) is 6.92 Å². The summed E-state index contributed by atoms with van der Waals surface area (Å²) in [6, 6.07) is 4.14. The lowest BCUT2D eigenvalue weighted by atomic mass is 10.2. The number of anilines is 2. The minimum Gasteiger partial charge on any atom is -0.395 e. The van der Waals surface area contributed by atoms with Gasteiger partial charge in [-0.1, -0.05) is 6.92 Å². The van der Waals surface area contributed by atoms with Gasteiger partial charge in [0.2, 0.25) is 0 Å². The maximum atomic E-state index is 13.0. The molecule has 0 saturated carbocycles. The number of nitrogens with two attached hydrogens (primary N) is 1. The molecule has 1 aromatic heterocycles. The van der Waals surface area contributed by atoms with Crippen LogP contribution in [0.5, 0.6) is 0 Å². The van der Waals surface area contributed by atoms with E-state index in [1.807, 2.05) is 6.92 Å². The minimum atomic E-state index is -0.414. The summed E-state index contributed by atoms with van der Waals surface area (Å²) >= 11 is 0. The van der Waals surface area contributed by atoms with Gasteiger partial charge >= 0.3 is 0 Å². The van der Waals surface area contributed by atoms with Crippen LogP contribution in [0, 0.1) is 12.7 Å². The molecule has 0 atom stereocenters. The van der Waals surface area contributed by atoms with Crippen LogP contribution in [0.4, 0.5) is 15.8 Å². The van der Waals surface area contributed by atoms with Crippen molar-refractivity contribution in [1.82, 2.24) is 10.2 Å². The number of hydrogen-bond acceptors (Lipinski definition) is 3. The highest BCUT2D eigenvalue weighted by Crippen LogP contribution is 2.19. The highest BCUT2D eigenvalue weighted by molar-refractivity contribution is 6.06. The molecule has 0 aliphatic rings. The fourth-order valence-corrected chi connectivity index (χ4v) is 1.78. The van der Waals surface area contributed by atoms with Gasteiger partial charge in [-0.2, -0.15) is 5.10 Å². The van der Waals surface area contributed by atoms with Crippen LogP contribution in [-0.2, 0) is 6.42 Å². The summed E-state index contributed by atoms with van der Waals surface area (Å²) in [4.78, 5) is 12.0. The second kappa shape index (κ2) is 5.09. The lowest BCUT2D eigenvalue weighted by Crippen LogP contribution is -2.15. The molecular formula is C13H15FN4O. The van der Waals surface area contributed by atoms with Gasteiger partial charge in [0.15, 0.2) is 5.69 Å². The van der Waals surface area contributed by atoms with Crippen molar-refractivity contribution in [2.24, 2.45) is 0 Å². The number of rotatable bonds is 3. The molecule has 1 aromatic carbocycles. The third kappa shape index (κ3) is 2.57. The molecule has 0 radical (unpaired) electrons. The van der Waals surface area contributed by atoms with Crippen molar-refractivity contribution in [2.75, 3.05) is 11.1 Å². The van der Waals surface area contributed by atoms with Gasteiger partial charge in [-0.05, 0) is 37.1 Å². The molecule has 19 heavy (non-hydrogen) atoms. The monoisotopic (exact) mass is 262 g/mol. The number of nitrogens with zero attached hydrogens (tertiary/aromatic N) is 1. The first kappa shape index (κ1) is 13.1. The summed E-state index contributed by atoms with van der Waals surface area (Å²) in [6.45, 7) is 3.62. The van der Waals surface area contributed by atoms with E-state index in [0.29, 0.717) is 23.4 Å². The Hall–Kier alpha value is -2.37. The van der Waals surface area contributed by atoms with Gasteiger partial charge in [0.25, 0.3) is 5.91 Å². The second-order valence-electron chi connectivity index (χ2n) is 4.23. The number of aryl methyl sites for hydroxylation is 2. The van der Waals surface area contributed by atoms with Crippen molar-refractivity contribution in [2.45, 2.75) is 20.3 Å². The lowest BCUT2D eigenvalue weighted by Gasteiger charge is -2.07. The predicted molar refractivity (Wildman–Crippen MR) is 71.5 cm³/mol. The first-order valence-electron chi connectivity index (χ1n) is 5.93. The van der Waals surface area contributed by atoms with E-state index in [1.165, 1.54) is 18.2 Å². The number of carbonyl (C=O) groups excluding carboxylic acids is 1. The summed E-state index contributed by atoms with van der Waals surface area (Å²) < 4.78 is 13.0. The topological polar surface area (TPSA) is 83.8 Å². The first-order valence-corrected chi connectivity index (χ1v) is 5.93. The number of H-pyrrole nitrogens is 1. The van der Waals surface area contributed by atoms with Crippen molar-refractivity contribution in [3.05, 3.63) is 41.0 Å². The van der Waals surface area contributed by atoms with Gasteiger partial charge in [-0.25, -0.2) is 4.39 Å². The van der Waals surface area contributed by atoms with E-state index in [2.05, 4.69) is 15.5 Å². The van der Waals surface area contributed by atoms with E-state index in [9.17, 15) is 9.18 Å². The molecule has 0 unspecified atom stereocenters. The average Bonchev–Trinajstić information content (AvgIpc) is 2.74. The van der Waals surface area contributed by atoms with Crippen molar-refractivity contribution in [1.29, 1.82) is 0 Å². The molecule has 1 heterocycles. The zero-order valence-electron chi connectivity index (χ0n) is 10.7. The van der Waals surface area contributed by atoms with Crippen molar-refractivity contribution in [3.8, 4) is 0 Å². The van der Waals surface area contributed by atoms with E-state index in [0.717, 1.165) is 5.69 Å². The Balaban J connectivity index is 2.23. The zero-order valence-corrected chi connectivity index (χ0v) is 10.7. The first-order chi connectivity index (χ1) is 9.02. The van der Waals surface area contributed by atoms with Gasteiger partial charge in [0.05, 0.1) is 11.4 Å². The highest BCUT2D eigenvalue weighted by atomic mass is 19.1. The molecule has 0 saturated heterocycles. The molecule has 6 heteroatoms. The van der Waals surface area contributed by atoms with Crippen LogP contribution in [0.3, 0.4) is 0 Å².